The van der Waals surface area contributed by atoms with Crippen LogP contribution in [0.25, 0.3) is 6.08 Å². The van der Waals surface area contributed by atoms with Gasteiger partial charge in [0, 0.05) is 24.9 Å². The van der Waals surface area contributed by atoms with Gasteiger partial charge in [0.25, 0.3) is 0 Å². The summed E-state index contributed by atoms with van der Waals surface area (Å²) in [7, 11) is 0. The molecule has 1 atom stereocenters. The lowest BCUT2D eigenvalue weighted by atomic mass is 9.98. The van der Waals surface area contributed by atoms with E-state index in [1.54, 1.807) is 6.08 Å². The number of hydrogen-bond donors (Lipinski definition) is 1. The van der Waals surface area contributed by atoms with Crippen LogP contribution in [0.1, 0.15) is 43.9 Å². The fraction of sp³-hybridized carbons (Fsp3) is 0.348. The molecule has 1 aliphatic heterocycles. The Morgan fingerprint density at radius 1 is 1.08 bits per heavy atom. The zero-order valence-corrected chi connectivity index (χ0v) is 15.7. The minimum atomic E-state index is -0.0737. The Kier molecular flexibility index (Phi) is 6.11. The summed E-state index contributed by atoms with van der Waals surface area (Å²) in [5.41, 5.74) is 3.43. The fourth-order valence-electron chi connectivity index (χ4n) is 3.32. The number of carbonyl (C=O) groups excluding carboxylic acids is 1. The van der Waals surface area contributed by atoms with E-state index >= 15 is 0 Å². The van der Waals surface area contributed by atoms with Crippen molar-refractivity contribution in [2.75, 3.05) is 18.0 Å². The highest BCUT2D eigenvalue weighted by Gasteiger charge is 2.16. The molecule has 2 aromatic rings. The van der Waals surface area contributed by atoms with Crippen LogP contribution in [0.4, 0.5) is 5.69 Å². The number of anilines is 1. The Hall–Kier alpha value is -2.55. The number of piperidine rings is 1. The number of nitrogens with zero attached hydrogens (tertiary/aromatic N) is 1. The first-order chi connectivity index (χ1) is 12.6. The van der Waals surface area contributed by atoms with Gasteiger partial charge in [-0.3, -0.25) is 4.79 Å². The average Bonchev–Trinajstić information content (AvgIpc) is 2.68. The van der Waals surface area contributed by atoms with Crippen molar-refractivity contribution >= 4 is 17.7 Å². The van der Waals surface area contributed by atoms with Crippen molar-refractivity contribution in [3.05, 3.63) is 71.8 Å². The molecule has 1 N–H and O–H groups in total. The standard InChI is InChI=1S/C23H28N2O/c1-18-14-16-25(17-15-18)22-11-9-21(10-12-22)19(2)24-23(26)13-8-20-6-4-3-5-7-20/h3-13,18-19H,14-17H2,1-2H3,(H,24,26)/b13-8+. The highest BCUT2D eigenvalue weighted by Crippen LogP contribution is 2.24. The minimum absolute atomic E-state index is 0.0154. The number of rotatable bonds is 5. The highest BCUT2D eigenvalue weighted by atomic mass is 16.1. The summed E-state index contributed by atoms with van der Waals surface area (Å²) in [6.07, 6.45) is 5.96. The third-order valence-corrected chi connectivity index (χ3v) is 5.13. The number of benzene rings is 2. The van der Waals surface area contributed by atoms with Crippen molar-refractivity contribution in [2.24, 2.45) is 5.92 Å². The molecule has 26 heavy (non-hydrogen) atoms. The number of amides is 1. The van der Waals surface area contributed by atoms with Crippen LogP contribution in [0.15, 0.2) is 60.7 Å². The van der Waals surface area contributed by atoms with Crippen molar-refractivity contribution in [3.63, 3.8) is 0 Å². The summed E-state index contributed by atoms with van der Waals surface area (Å²) < 4.78 is 0. The lowest BCUT2D eigenvalue weighted by Crippen LogP contribution is -2.32. The third kappa shape index (κ3) is 4.98. The third-order valence-electron chi connectivity index (χ3n) is 5.13. The molecule has 3 heteroatoms. The van der Waals surface area contributed by atoms with E-state index in [9.17, 15) is 4.79 Å². The van der Waals surface area contributed by atoms with Crippen molar-refractivity contribution in [1.29, 1.82) is 0 Å². The second-order valence-corrected chi connectivity index (χ2v) is 7.24. The van der Waals surface area contributed by atoms with E-state index in [2.05, 4.69) is 41.4 Å². The van der Waals surface area contributed by atoms with Gasteiger partial charge in [-0.2, -0.15) is 0 Å². The topological polar surface area (TPSA) is 32.3 Å². The Labute approximate surface area is 156 Å². The van der Waals surface area contributed by atoms with Gasteiger partial charge in [0.2, 0.25) is 5.91 Å². The number of nitrogens with one attached hydrogen (secondary N) is 1. The molecule has 0 bridgehead atoms. The van der Waals surface area contributed by atoms with E-state index in [4.69, 9.17) is 0 Å². The lowest BCUT2D eigenvalue weighted by molar-refractivity contribution is -0.117. The van der Waals surface area contributed by atoms with Crippen LogP contribution in [-0.2, 0) is 4.79 Å². The molecule has 0 spiro atoms. The van der Waals surface area contributed by atoms with Crippen molar-refractivity contribution < 1.29 is 4.79 Å². The number of carbonyl (C=O) groups is 1. The smallest absolute Gasteiger partial charge is 0.244 e. The maximum atomic E-state index is 12.1. The summed E-state index contributed by atoms with van der Waals surface area (Å²) >= 11 is 0. The Morgan fingerprint density at radius 2 is 1.73 bits per heavy atom. The van der Waals surface area contributed by atoms with Crippen LogP contribution in [0.5, 0.6) is 0 Å². The molecule has 3 rings (SSSR count). The molecule has 0 aromatic heterocycles. The van der Waals surface area contributed by atoms with E-state index in [0.717, 1.165) is 30.1 Å². The van der Waals surface area contributed by atoms with E-state index in [1.165, 1.54) is 18.5 Å². The van der Waals surface area contributed by atoms with Crippen molar-refractivity contribution in [1.82, 2.24) is 5.32 Å². The van der Waals surface area contributed by atoms with Crippen LogP contribution < -0.4 is 10.2 Å². The molecule has 1 heterocycles. The zero-order chi connectivity index (χ0) is 18.4. The van der Waals surface area contributed by atoms with Crippen LogP contribution in [0.3, 0.4) is 0 Å². The van der Waals surface area contributed by atoms with E-state index in [1.807, 2.05) is 43.3 Å². The Bertz CT molecular complexity index is 729. The molecular weight excluding hydrogens is 320 g/mol. The predicted octanol–water partition coefficient (Wildman–Crippen LogP) is 4.81. The summed E-state index contributed by atoms with van der Waals surface area (Å²) in [6, 6.07) is 18.4. The first-order valence-electron chi connectivity index (χ1n) is 9.50. The molecule has 1 unspecified atom stereocenters. The van der Waals surface area contributed by atoms with Gasteiger partial charge in [-0.25, -0.2) is 0 Å². The molecule has 1 aliphatic rings. The molecule has 1 saturated heterocycles. The molecule has 1 amide bonds. The summed E-state index contributed by atoms with van der Waals surface area (Å²) in [4.78, 5) is 14.6. The quantitative estimate of drug-likeness (QED) is 0.786. The first-order valence-corrected chi connectivity index (χ1v) is 9.50. The lowest BCUT2D eigenvalue weighted by Gasteiger charge is -2.32. The summed E-state index contributed by atoms with van der Waals surface area (Å²) in [6.45, 7) is 6.62. The van der Waals surface area contributed by atoms with Gasteiger partial charge in [0.15, 0.2) is 0 Å². The van der Waals surface area contributed by atoms with Crippen molar-refractivity contribution in [3.8, 4) is 0 Å². The Morgan fingerprint density at radius 3 is 2.38 bits per heavy atom. The average molecular weight is 348 g/mol. The molecule has 0 radical (unpaired) electrons. The zero-order valence-electron chi connectivity index (χ0n) is 15.7. The molecule has 2 aromatic carbocycles. The minimum Gasteiger partial charge on any atom is -0.372 e. The molecule has 0 aliphatic carbocycles. The van der Waals surface area contributed by atoms with Gasteiger partial charge in [-0.05, 0) is 55.0 Å². The highest BCUT2D eigenvalue weighted by molar-refractivity contribution is 5.91. The first kappa shape index (κ1) is 18.2. The molecular formula is C23H28N2O. The second-order valence-electron chi connectivity index (χ2n) is 7.24. The maximum Gasteiger partial charge on any atom is 0.244 e. The van der Waals surface area contributed by atoms with Gasteiger partial charge in [0.05, 0.1) is 6.04 Å². The summed E-state index contributed by atoms with van der Waals surface area (Å²) in [5, 5.41) is 3.03. The fourth-order valence-corrected chi connectivity index (χ4v) is 3.32. The second kappa shape index (κ2) is 8.70. The van der Waals surface area contributed by atoms with Gasteiger partial charge in [0.1, 0.15) is 0 Å². The molecule has 1 fully saturated rings. The largest absolute Gasteiger partial charge is 0.372 e. The molecule has 136 valence electrons. The van der Waals surface area contributed by atoms with Gasteiger partial charge in [-0.15, -0.1) is 0 Å². The van der Waals surface area contributed by atoms with Gasteiger partial charge in [-0.1, -0.05) is 49.4 Å². The molecule has 0 saturated carbocycles. The van der Waals surface area contributed by atoms with Gasteiger partial charge >= 0.3 is 0 Å². The number of hydrogen-bond acceptors (Lipinski definition) is 2. The molecule has 3 nitrogen and oxygen atoms in total. The normalized spacial score (nSPS) is 16.6. The van der Waals surface area contributed by atoms with Crippen LogP contribution in [0.2, 0.25) is 0 Å². The van der Waals surface area contributed by atoms with Crippen LogP contribution in [-0.4, -0.2) is 19.0 Å². The van der Waals surface area contributed by atoms with Crippen molar-refractivity contribution in [2.45, 2.75) is 32.7 Å². The van der Waals surface area contributed by atoms with Crippen LogP contribution in [0, 0.1) is 5.92 Å². The SMILES string of the molecule is CC1CCN(c2ccc(C(C)NC(=O)/C=C/c3ccccc3)cc2)CC1. The summed E-state index contributed by atoms with van der Waals surface area (Å²) in [5.74, 6) is 0.764. The predicted molar refractivity (Wildman–Crippen MR) is 109 cm³/mol. The van der Waals surface area contributed by atoms with E-state index < -0.39 is 0 Å². The van der Waals surface area contributed by atoms with Crippen LogP contribution >= 0.6 is 0 Å². The van der Waals surface area contributed by atoms with E-state index in [0.29, 0.717) is 0 Å². The Balaban J connectivity index is 1.55. The van der Waals surface area contributed by atoms with E-state index in [-0.39, 0.29) is 11.9 Å². The monoisotopic (exact) mass is 348 g/mol. The maximum absolute atomic E-state index is 12.1. The van der Waals surface area contributed by atoms with Gasteiger partial charge < -0.3 is 10.2 Å².